The van der Waals surface area contributed by atoms with E-state index in [2.05, 4.69) is 19.1 Å². The Labute approximate surface area is 147 Å². The smallest absolute Gasteiger partial charge is 0.207 e. The van der Waals surface area contributed by atoms with Gasteiger partial charge in [-0.25, -0.2) is 8.42 Å². The summed E-state index contributed by atoms with van der Waals surface area (Å²) < 4.78 is 28.0. The number of aryl methyl sites for hydroxylation is 1. The number of nitrogens with zero attached hydrogens (tertiary/aromatic N) is 1. The molecule has 2 heterocycles. The van der Waals surface area contributed by atoms with Crippen LogP contribution in [0.25, 0.3) is 0 Å². The molecule has 0 radical (unpaired) electrons. The number of hydrogen-bond donors (Lipinski definition) is 0. The maximum absolute atomic E-state index is 13.2. The summed E-state index contributed by atoms with van der Waals surface area (Å²) in [6.45, 7) is 2.62. The molecule has 23 heavy (non-hydrogen) atoms. The van der Waals surface area contributed by atoms with Crippen molar-refractivity contribution in [2.45, 2.75) is 43.5 Å². The van der Waals surface area contributed by atoms with Crippen molar-refractivity contribution >= 4 is 33.0 Å². The molecule has 0 aliphatic carbocycles. The molecule has 1 aromatic carbocycles. The van der Waals surface area contributed by atoms with Gasteiger partial charge in [0.2, 0.25) is 10.0 Å². The van der Waals surface area contributed by atoms with Gasteiger partial charge in [-0.05, 0) is 50.1 Å². The van der Waals surface area contributed by atoms with Gasteiger partial charge in [0, 0.05) is 21.3 Å². The average molecular weight is 370 g/mol. The minimum atomic E-state index is -3.54. The zero-order valence-electron chi connectivity index (χ0n) is 13.0. The second-order valence-corrected chi connectivity index (χ2v) is 9.53. The van der Waals surface area contributed by atoms with E-state index < -0.39 is 10.0 Å². The third-order valence-corrected chi connectivity index (χ3v) is 7.44. The van der Waals surface area contributed by atoms with Gasteiger partial charge in [-0.2, -0.15) is 4.31 Å². The lowest BCUT2D eigenvalue weighted by Crippen LogP contribution is -2.34. The standard InChI is InChI=1S/C17H20ClNO2S2/c1-13-9-10-17(22-13)16-8-3-2-4-11-19(16)23(20,21)15-7-5-6-14(18)12-15/h5-7,9-10,12,16H,2-4,8,11H2,1H3/t16-/m0/s1. The molecule has 1 saturated heterocycles. The molecule has 0 N–H and O–H groups in total. The Bertz CT molecular complexity index is 785. The normalized spacial score (nSPS) is 20.3. The van der Waals surface area contributed by atoms with E-state index in [0.29, 0.717) is 11.6 Å². The Morgan fingerprint density at radius 2 is 2.00 bits per heavy atom. The van der Waals surface area contributed by atoms with Crippen molar-refractivity contribution in [1.82, 2.24) is 4.31 Å². The Balaban J connectivity index is 2.02. The maximum atomic E-state index is 13.2. The SMILES string of the molecule is Cc1ccc([C@@H]2CCCCCN2S(=O)(=O)c2cccc(Cl)c2)s1. The van der Waals surface area contributed by atoms with Crippen molar-refractivity contribution in [3.8, 4) is 0 Å². The van der Waals surface area contributed by atoms with Gasteiger partial charge < -0.3 is 0 Å². The largest absolute Gasteiger partial charge is 0.243 e. The van der Waals surface area contributed by atoms with Gasteiger partial charge in [-0.3, -0.25) is 0 Å². The highest BCUT2D eigenvalue weighted by atomic mass is 35.5. The summed E-state index contributed by atoms with van der Waals surface area (Å²) >= 11 is 7.69. The molecule has 1 fully saturated rings. The average Bonchev–Trinajstić information content (AvgIpc) is 2.80. The predicted molar refractivity (Wildman–Crippen MR) is 95.6 cm³/mol. The molecule has 1 atom stereocenters. The van der Waals surface area contributed by atoms with Crippen LogP contribution in [0.15, 0.2) is 41.3 Å². The second-order valence-electron chi connectivity index (χ2n) is 5.89. The van der Waals surface area contributed by atoms with Crippen LogP contribution in [0, 0.1) is 6.92 Å². The molecular weight excluding hydrogens is 350 g/mol. The van der Waals surface area contributed by atoms with E-state index in [9.17, 15) is 8.42 Å². The zero-order chi connectivity index (χ0) is 16.4. The van der Waals surface area contributed by atoms with Gasteiger partial charge in [-0.15, -0.1) is 11.3 Å². The number of rotatable bonds is 3. The number of halogens is 1. The van der Waals surface area contributed by atoms with E-state index in [1.165, 1.54) is 4.88 Å². The van der Waals surface area contributed by atoms with Crippen LogP contribution in [-0.4, -0.2) is 19.3 Å². The van der Waals surface area contributed by atoms with Crippen molar-refractivity contribution in [2.75, 3.05) is 6.54 Å². The van der Waals surface area contributed by atoms with E-state index in [4.69, 9.17) is 11.6 Å². The summed E-state index contributed by atoms with van der Waals surface area (Å²) in [4.78, 5) is 2.63. The van der Waals surface area contributed by atoms with Crippen molar-refractivity contribution in [2.24, 2.45) is 0 Å². The molecule has 1 aromatic heterocycles. The topological polar surface area (TPSA) is 37.4 Å². The van der Waals surface area contributed by atoms with E-state index in [0.717, 1.165) is 30.6 Å². The molecule has 2 aromatic rings. The minimum Gasteiger partial charge on any atom is -0.207 e. The van der Waals surface area contributed by atoms with Crippen molar-refractivity contribution in [1.29, 1.82) is 0 Å². The van der Waals surface area contributed by atoms with E-state index in [-0.39, 0.29) is 10.9 Å². The monoisotopic (exact) mass is 369 g/mol. The first-order valence-electron chi connectivity index (χ1n) is 7.82. The Morgan fingerprint density at radius 1 is 1.17 bits per heavy atom. The fourth-order valence-corrected chi connectivity index (χ4v) is 6.12. The highest BCUT2D eigenvalue weighted by molar-refractivity contribution is 7.89. The van der Waals surface area contributed by atoms with Crippen molar-refractivity contribution in [3.05, 3.63) is 51.2 Å². The Hall–Kier alpha value is -0.880. The highest BCUT2D eigenvalue weighted by Gasteiger charge is 2.34. The molecule has 1 aliphatic heterocycles. The lowest BCUT2D eigenvalue weighted by molar-refractivity contribution is 0.333. The van der Waals surface area contributed by atoms with E-state index in [1.54, 1.807) is 39.9 Å². The lowest BCUT2D eigenvalue weighted by Gasteiger charge is -2.28. The summed E-state index contributed by atoms with van der Waals surface area (Å²) in [5.74, 6) is 0. The van der Waals surface area contributed by atoms with Gasteiger partial charge in [-0.1, -0.05) is 30.5 Å². The molecule has 6 heteroatoms. The summed E-state index contributed by atoms with van der Waals surface area (Å²) in [5.41, 5.74) is 0. The quantitative estimate of drug-likeness (QED) is 0.762. The van der Waals surface area contributed by atoms with Crippen molar-refractivity contribution in [3.63, 3.8) is 0 Å². The first-order valence-corrected chi connectivity index (χ1v) is 10.5. The molecule has 3 nitrogen and oxygen atoms in total. The van der Waals surface area contributed by atoms with Gasteiger partial charge in [0.1, 0.15) is 0 Å². The summed E-state index contributed by atoms with van der Waals surface area (Å²) in [6, 6.07) is 10.6. The molecule has 124 valence electrons. The minimum absolute atomic E-state index is 0.0693. The van der Waals surface area contributed by atoms with Crippen molar-refractivity contribution < 1.29 is 8.42 Å². The predicted octanol–water partition coefficient (Wildman–Crippen LogP) is 5.02. The number of sulfonamides is 1. The highest BCUT2D eigenvalue weighted by Crippen LogP contribution is 2.37. The molecule has 3 rings (SSSR count). The summed E-state index contributed by atoms with van der Waals surface area (Å²) in [7, 11) is -3.54. The molecular formula is C17H20ClNO2S2. The first kappa shape index (κ1) is 17.0. The second kappa shape index (κ2) is 6.93. The molecule has 0 unspecified atom stereocenters. The van der Waals surface area contributed by atoms with Crippen LogP contribution in [0.1, 0.15) is 41.5 Å². The van der Waals surface area contributed by atoms with Gasteiger partial charge in [0.05, 0.1) is 10.9 Å². The van der Waals surface area contributed by atoms with Crippen LogP contribution in [0.3, 0.4) is 0 Å². The Kier molecular flexibility index (Phi) is 5.11. The molecule has 0 spiro atoms. The Morgan fingerprint density at radius 3 is 2.70 bits per heavy atom. The molecule has 0 saturated carbocycles. The summed E-state index contributed by atoms with van der Waals surface area (Å²) in [5, 5.41) is 0.449. The number of benzene rings is 1. The fraction of sp³-hybridized carbons (Fsp3) is 0.412. The van der Waals surface area contributed by atoms with Crippen LogP contribution >= 0.6 is 22.9 Å². The van der Waals surface area contributed by atoms with Gasteiger partial charge in [0.25, 0.3) is 0 Å². The van der Waals surface area contributed by atoms with E-state index >= 15 is 0 Å². The van der Waals surface area contributed by atoms with Crippen LogP contribution in [0.2, 0.25) is 5.02 Å². The van der Waals surface area contributed by atoms with Crippen LogP contribution < -0.4 is 0 Å². The maximum Gasteiger partial charge on any atom is 0.243 e. The number of thiophene rings is 1. The molecule has 1 aliphatic rings. The first-order chi connectivity index (χ1) is 11.0. The fourth-order valence-electron chi connectivity index (χ4n) is 3.05. The zero-order valence-corrected chi connectivity index (χ0v) is 15.4. The summed E-state index contributed by atoms with van der Waals surface area (Å²) in [6.07, 6.45) is 3.91. The lowest BCUT2D eigenvalue weighted by atomic mass is 10.1. The number of hydrogen-bond acceptors (Lipinski definition) is 3. The van der Waals surface area contributed by atoms with E-state index in [1.807, 2.05) is 0 Å². The molecule has 0 amide bonds. The third-order valence-electron chi connectivity index (χ3n) is 4.20. The molecule has 0 bridgehead atoms. The van der Waals surface area contributed by atoms with Crippen LogP contribution in [-0.2, 0) is 10.0 Å². The van der Waals surface area contributed by atoms with Crippen LogP contribution in [0.5, 0.6) is 0 Å². The van der Waals surface area contributed by atoms with Gasteiger partial charge in [0.15, 0.2) is 0 Å². The van der Waals surface area contributed by atoms with Gasteiger partial charge >= 0.3 is 0 Å². The third kappa shape index (κ3) is 3.63. The van der Waals surface area contributed by atoms with Crippen LogP contribution in [0.4, 0.5) is 0 Å².